The van der Waals surface area contributed by atoms with E-state index in [0.29, 0.717) is 12.8 Å². The number of esters is 1. The molecule has 5 heteroatoms. The molecule has 1 aromatic carbocycles. The number of carbonyl (C=O) groups excluding carboxylic acids is 2. The smallest absolute Gasteiger partial charge is 0.396 e. The van der Waals surface area contributed by atoms with Crippen molar-refractivity contribution in [1.82, 2.24) is 5.32 Å². The zero-order valence-electron chi connectivity index (χ0n) is 10.8. The molecule has 0 bridgehead atoms. The van der Waals surface area contributed by atoms with E-state index >= 15 is 0 Å². The Bertz CT molecular complexity index is 473. The van der Waals surface area contributed by atoms with E-state index in [2.05, 4.69) is 10.1 Å². The van der Waals surface area contributed by atoms with Crippen LogP contribution in [0.2, 0.25) is 0 Å². The standard InChI is InChI=1S/C14H17NO4/c1-2-19-13(17)12(16)15-9-14(18)7-10-5-3-4-6-11(10)8-14/h3-6,18H,2,7-9H2,1H3,(H,15,16). The van der Waals surface area contributed by atoms with Crippen LogP contribution in [0.3, 0.4) is 0 Å². The van der Waals surface area contributed by atoms with Crippen LogP contribution in [0, 0.1) is 0 Å². The molecule has 0 fully saturated rings. The van der Waals surface area contributed by atoms with Crippen molar-refractivity contribution in [1.29, 1.82) is 0 Å². The maximum Gasteiger partial charge on any atom is 0.396 e. The predicted octanol–water partition coefficient (Wildman–Crippen LogP) is 0.196. The molecule has 0 radical (unpaired) electrons. The number of nitrogens with one attached hydrogen (secondary N) is 1. The molecule has 0 saturated carbocycles. The zero-order chi connectivity index (χ0) is 13.9. The van der Waals surface area contributed by atoms with E-state index in [-0.39, 0.29) is 13.2 Å². The second-order valence-electron chi connectivity index (χ2n) is 4.75. The predicted molar refractivity (Wildman–Crippen MR) is 68.4 cm³/mol. The van der Waals surface area contributed by atoms with Gasteiger partial charge < -0.3 is 15.2 Å². The highest BCUT2D eigenvalue weighted by molar-refractivity contribution is 6.32. The van der Waals surface area contributed by atoms with Crippen LogP contribution in [0.5, 0.6) is 0 Å². The largest absolute Gasteiger partial charge is 0.459 e. The van der Waals surface area contributed by atoms with E-state index in [1.807, 2.05) is 24.3 Å². The summed E-state index contributed by atoms with van der Waals surface area (Å²) in [5.74, 6) is -1.73. The van der Waals surface area contributed by atoms with Gasteiger partial charge in [0.05, 0.1) is 12.2 Å². The van der Waals surface area contributed by atoms with Gasteiger partial charge in [0.15, 0.2) is 0 Å². The highest BCUT2D eigenvalue weighted by Crippen LogP contribution is 2.29. The van der Waals surface area contributed by atoms with Gasteiger partial charge in [0, 0.05) is 19.4 Å². The normalized spacial score (nSPS) is 15.7. The maximum atomic E-state index is 11.4. The van der Waals surface area contributed by atoms with Crippen LogP contribution in [0.25, 0.3) is 0 Å². The lowest BCUT2D eigenvalue weighted by molar-refractivity contribution is -0.154. The lowest BCUT2D eigenvalue weighted by Crippen LogP contribution is -2.46. The van der Waals surface area contributed by atoms with Crippen LogP contribution >= 0.6 is 0 Å². The Labute approximate surface area is 111 Å². The molecule has 102 valence electrons. The molecule has 0 aliphatic heterocycles. The van der Waals surface area contributed by atoms with Crippen molar-refractivity contribution in [2.45, 2.75) is 25.4 Å². The van der Waals surface area contributed by atoms with Crippen LogP contribution in [0.4, 0.5) is 0 Å². The summed E-state index contributed by atoms with van der Waals surface area (Å²) in [5, 5.41) is 12.8. The van der Waals surface area contributed by atoms with Gasteiger partial charge in [0.25, 0.3) is 0 Å². The van der Waals surface area contributed by atoms with Crippen molar-refractivity contribution >= 4 is 11.9 Å². The number of ether oxygens (including phenoxy) is 1. The first-order valence-electron chi connectivity index (χ1n) is 6.28. The van der Waals surface area contributed by atoms with Crippen LogP contribution < -0.4 is 5.32 Å². The monoisotopic (exact) mass is 263 g/mol. The molecular weight excluding hydrogens is 246 g/mol. The molecule has 1 amide bonds. The summed E-state index contributed by atoms with van der Waals surface area (Å²) in [6, 6.07) is 7.75. The van der Waals surface area contributed by atoms with Crippen molar-refractivity contribution in [3.05, 3.63) is 35.4 Å². The van der Waals surface area contributed by atoms with Crippen molar-refractivity contribution in [3.8, 4) is 0 Å². The lowest BCUT2D eigenvalue weighted by Gasteiger charge is -2.22. The second kappa shape index (κ2) is 5.40. The molecule has 5 nitrogen and oxygen atoms in total. The van der Waals surface area contributed by atoms with Gasteiger partial charge in [-0.3, -0.25) is 4.79 Å². The third-order valence-corrected chi connectivity index (χ3v) is 3.20. The third-order valence-electron chi connectivity index (χ3n) is 3.20. The lowest BCUT2D eigenvalue weighted by atomic mass is 10.0. The molecule has 19 heavy (non-hydrogen) atoms. The van der Waals surface area contributed by atoms with Gasteiger partial charge in [-0.25, -0.2) is 4.79 Å². The molecule has 2 N–H and O–H groups in total. The number of hydrogen-bond acceptors (Lipinski definition) is 4. The number of benzene rings is 1. The molecule has 1 aliphatic carbocycles. The molecule has 2 rings (SSSR count). The highest BCUT2D eigenvalue weighted by atomic mass is 16.5. The van der Waals surface area contributed by atoms with Crippen LogP contribution in [-0.4, -0.2) is 35.7 Å². The van der Waals surface area contributed by atoms with E-state index in [1.165, 1.54) is 0 Å². The molecule has 0 aromatic heterocycles. The quantitative estimate of drug-likeness (QED) is 0.603. The van der Waals surface area contributed by atoms with E-state index in [4.69, 9.17) is 0 Å². The molecule has 1 aliphatic rings. The Morgan fingerprint density at radius 1 is 1.32 bits per heavy atom. The minimum absolute atomic E-state index is 0.0410. The fourth-order valence-electron chi connectivity index (χ4n) is 2.31. The van der Waals surface area contributed by atoms with E-state index in [1.54, 1.807) is 6.92 Å². The fourth-order valence-corrected chi connectivity index (χ4v) is 2.31. The summed E-state index contributed by atoms with van der Waals surface area (Å²) in [7, 11) is 0. The van der Waals surface area contributed by atoms with Crippen molar-refractivity contribution in [2.24, 2.45) is 0 Å². The van der Waals surface area contributed by atoms with E-state index < -0.39 is 17.5 Å². The summed E-state index contributed by atoms with van der Waals surface area (Å²) in [6.07, 6.45) is 0.957. The Morgan fingerprint density at radius 3 is 2.42 bits per heavy atom. The highest BCUT2D eigenvalue weighted by Gasteiger charge is 2.35. The summed E-state index contributed by atoms with van der Waals surface area (Å²) in [4.78, 5) is 22.6. The molecule has 0 saturated heterocycles. The Hall–Kier alpha value is -1.88. The number of aliphatic hydroxyl groups is 1. The van der Waals surface area contributed by atoms with Gasteiger partial charge in [0.2, 0.25) is 0 Å². The average molecular weight is 263 g/mol. The topological polar surface area (TPSA) is 75.6 Å². The molecule has 1 aromatic rings. The number of amides is 1. The Morgan fingerprint density at radius 2 is 1.89 bits per heavy atom. The number of hydrogen-bond donors (Lipinski definition) is 2. The number of rotatable bonds is 3. The Balaban J connectivity index is 1.91. The molecule has 0 heterocycles. The zero-order valence-corrected chi connectivity index (χ0v) is 10.8. The maximum absolute atomic E-state index is 11.4. The third kappa shape index (κ3) is 3.12. The summed E-state index contributed by atoms with van der Waals surface area (Å²) < 4.78 is 4.58. The molecular formula is C14H17NO4. The summed E-state index contributed by atoms with van der Waals surface area (Å²) in [6.45, 7) is 1.83. The van der Waals surface area contributed by atoms with E-state index in [9.17, 15) is 14.7 Å². The molecule has 0 atom stereocenters. The number of carbonyl (C=O) groups is 2. The molecule has 0 spiro atoms. The van der Waals surface area contributed by atoms with Gasteiger partial charge in [-0.05, 0) is 18.1 Å². The minimum atomic E-state index is -1.02. The summed E-state index contributed by atoms with van der Waals surface area (Å²) >= 11 is 0. The fraction of sp³-hybridized carbons (Fsp3) is 0.429. The first-order chi connectivity index (χ1) is 9.04. The van der Waals surface area contributed by atoms with Crippen molar-refractivity contribution in [2.75, 3.05) is 13.2 Å². The van der Waals surface area contributed by atoms with Crippen molar-refractivity contribution in [3.63, 3.8) is 0 Å². The Kier molecular flexibility index (Phi) is 3.85. The second-order valence-corrected chi connectivity index (χ2v) is 4.75. The molecule has 0 unspecified atom stereocenters. The van der Waals surface area contributed by atoms with Crippen LogP contribution in [0.15, 0.2) is 24.3 Å². The van der Waals surface area contributed by atoms with Gasteiger partial charge in [-0.2, -0.15) is 0 Å². The minimum Gasteiger partial charge on any atom is -0.459 e. The van der Waals surface area contributed by atoms with Crippen LogP contribution in [-0.2, 0) is 27.2 Å². The summed E-state index contributed by atoms with van der Waals surface area (Å²) in [5.41, 5.74) is 1.14. The van der Waals surface area contributed by atoms with Gasteiger partial charge >= 0.3 is 11.9 Å². The SMILES string of the molecule is CCOC(=O)C(=O)NCC1(O)Cc2ccccc2C1. The van der Waals surface area contributed by atoms with Crippen LogP contribution in [0.1, 0.15) is 18.1 Å². The number of fused-ring (bicyclic) bond motifs is 1. The van der Waals surface area contributed by atoms with Gasteiger partial charge in [0.1, 0.15) is 0 Å². The van der Waals surface area contributed by atoms with Crippen molar-refractivity contribution < 1.29 is 19.4 Å². The van der Waals surface area contributed by atoms with Gasteiger partial charge in [-0.15, -0.1) is 0 Å². The first-order valence-corrected chi connectivity index (χ1v) is 6.28. The van der Waals surface area contributed by atoms with E-state index in [0.717, 1.165) is 11.1 Å². The first kappa shape index (κ1) is 13.5. The van der Waals surface area contributed by atoms with Gasteiger partial charge in [-0.1, -0.05) is 24.3 Å². The average Bonchev–Trinajstić information content (AvgIpc) is 2.73.